The molecule has 0 saturated carbocycles. The molecule has 1 aliphatic rings. The van der Waals surface area contributed by atoms with E-state index in [4.69, 9.17) is 9.26 Å². The van der Waals surface area contributed by atoms with Gasteiger partial charge in [-0.2, -0.15) is 4.98 Å². The number of benzene rings is 2. The van der Waals surface area contributed by atoms with E-state index in [1.54, 1.807) is 4.90 Å². The largest absolute Gasteiger partial charge is 0.489 e. The van der Waals surface area contributed by atoms with Gasteiger partial charge < -0.3 is 14.2 Å². The average molecular weight is 381 g/mol. The van der Waals surface area contributed by atoms with Crippen LogP contribution in [0.5, 0.6) is 5.75 Å². The Hall–Kier alpha value is -3.22. The fourth-order valence-corrected chi connectivity index (χ4v) is 3.17. The van der Waals surface area contributed by atoms with Crippen LogP contribution in [0.4, 0.5) is 4.39 Å². The molecule has 1 fully saturated rings. The van der Waals surface area contributed by atoms with Crippen LogP contribution in [0.2, 0.25) is 0 Å². The molecule has 1 aromatic heterocycles. The normalized spacial score (nSPS) is 16.4. The van der Waals surface area contributed by atoms with Crippen molar-refractivity contribution in [2.24, 2.45) is 0 Å². The predicted octanol–water partition coefficient (Wildman–Crippen LogP) is 3.73. The summed E-state index contributed by atoms with van der Waals surface area (Å²) in [6.07, 6.45) is 1.37. The number of rotatable bonds is 5. The lowest BCUT2D eigenvalue weighted by Crippen LogP contribution is -2.30. The first kappa shape index (κ1) is 18.2. The molecule has 144 valence electrons. The first-order chi connectivity index (χ1) is 13.6. The summed E-state index contributed by atoms with van der Waals surface area (Å²) in [7, 11) is 0. The number of carbonyl (C=O) groups excluding carboxylic acids is 1. The van der Waals surface area contributed by atoms with Gasteiger partial charge in [0.2, 0.25) is 11.7 Å². The van der Waals surface area contributed by atoms with Crippen molar-refractivity contribution in [3.8, 4) is 17.1 Å². The van der Waals surface area contributed by atoms with Gasteiger partial charge in [0.25, 0.3) is 5.91 Å². The van der Waals surface area contributed by atoms with Gasteiger partial charge in [0, 0.05) is 30.5 Å². The first-order valence-electron chi connectivity index (χ1n) is 9.27. The van der Waals surface area contributed by atoms with Gasteiger partial charge in [-0.15, -0.1) is 0 Å². The molecular formula is C21H20FN3O3. The molecule has 1 aliphatic heterocycles. The van der Waals surface area contributed by atoms with E-state index in [-0.39, 0.29) is 17.8 Å². The van der Waals surface area contributed by atoms with Crippen LogP contribution in [0.25, 0.3) is 11.4 Å². The van der Waals surface area contributed by atoms with Gasteiger partial charge in [-0.3, -0.25) is 4.79 Å². The Labute approximate surface area is 161 Å². The van der Waals surface area contributed by atoms with E-state index in [0.717, 1.165) is 17.7 Å². The van der Waals surface area contributed by atoms with Crippen molar-refractivity contribution in [1.29, 1.82) is 0 Å². The second-order valence-corrected chi connectivity index (χ2v) is 6.68. The summed E-state index contributed by atoms with van der Waals surface area (Å²) in [5, 5.41) is 3.96. The highest BCUT2D eigenvalue weighted by Gasteiger charge is 2.28. The average Bonchev–Trinajstić information content (AvgIpc) is 3.38. The number of halogens is 1. The van der Waals surface area contributed by atoms with E-state index in [2.05, 4.69) is 10.1 Å². The Kier molecular flexibility index (Phi) is 5.06. The van der Waals surface area contributed by atoms with Gasteiger partial charge in [0.05, 0.1) is 6.54 Å². The standard InChI is InChI=1S/C21H20FN3O3/c1-2-19-23-20(24-28-19)14-5-9-17(10-6-14)27-18-11-12-25(13-18)21(26)15-3-7-16(22)8-4-15/h3-10,18H,2,11-13H2,1H3/t18-/m0/s1. The predicted molar refractivity (Wildman–Crippen MR) is 100 cm³/mol. The molecule has 1 atom stereocenters. The molecule has 0 N–H and O–H groups in total. The van der Waals surface area contributed by atoms with Gasteiger partial charge in [-0.05, 0) is 48.5 Å². The fraction of sp³-hybridized carbons (Fsp3) is 0.286. The minimum atomic E-state index is -0.352. The van der Waals surface area contributed by atoms with Crippen molar-refractivity contribution in [2.75, 3.05) is 13.1 Å². The van der Waals surface area contributed by atoms with E-state index < -0.39 is 0 Å². The molecule has 0 radical (unpaired) electrons. The molecule has 1 saturated heterocycles. The Morgan fingerprint density at radius 2 is 1.96 bits per heavy atom. The first-order valence-corrected chi connectivity index (χ1v) is 9.27. The molecule has 2 aromatic carbocycles. The molecule has 2 heterocycles. The van der Waals surface area contributed by atoms with Crippen molar-refractivity contribution in [3.63, 3.8) is 0 Å². The summed E-state index contributed by atoms with van der Waals surface area (Å²) in [6, 6.07) is 13.1. The molecule has 6 nitrogen and oxygen atoms in total. The van der Waals surface area contributed by atoms with Crippen molar-refractivity contribution in [1.82, 2.24) is 15.0 Å². The highest BCUT2D eigenvalue weighted by atomic mass is 19.1. The Balaban J connectivity index is 1.36. The smallest absolute Gasteiger partial charge is 0.253 e. The van der Waals surface area contributed by atoms with Crippen molar-refractivity contribution >= 4 is 5.91 Å². The molecule has 3 aromatic rings. The van der Waals surface area contributed by atoms with Crippen LogP contribution >= 0.6 is 0 Å². The third-order valence-corrected chi connectivity index (χ3v) is 4.71. The van der Waals surface area contributed by atoms with Crippen LogP contribution in [0, 0.1) is 5.82 Å². The molecule has 1 amide bonds. The molecule has 4 rings (SSSR count). The molecule has 0 spiro atoms. The molecular weight excluding hydrogens is 361 g/mol. The number of aromatic nitrogens is 2. The topological polar surface area (TPSA) is 68.5 Å². The SMILES string of the molecule is CCc1nc(-c2ccc(O[C@H]3CCN(C(=O)c4ccc(F)cc4)C3)cc2)no1. The van der Waals surface area contributed by atoms with Crippen LogP contribution in [0.3, 0.4) is 0 Å². The summed E-state index contributed by atoms with van der Waals surface area (Å²) < 4.78 is 24.2. The Morgan fingerprint density at radius 1 is 1.21 bits per heavy atom. The van der Waals surface area contributed by atoms with Crippen LogP contribution < -0.4 is 4.74 Å². The maximum Gasteiger partial charge on any atom is 0.253 e. The minimum absolute atomic E-state index is 0.0767. The van der Waals surface area contributed by atoms with Gasteiger partial charge in [-0.25, -0.2) is 4.39 Å². The summed E-state index contributed by atoms with van der Waals surface area (Å²) in [6.45, 7) is 3.07. The summed E-state index contributed by atoms with van der Waals surface area (Å²) in [4.78, 5) is 18.6. The zero-order chi connectivity index (χ0) is 19.5. The number of amides is 1. The quantitative estimate of drug-likeness (QED) is 0.674. The molecule has 0 unspecified atom stereocenters. The van der Waals surface area contributed by atoms with Crippen LogP contribution in [0.15, 0.2) is 53.1 Å². The molecule has 28 heavy (non-hydrogen) atoms. The molecule has 0 bridgehead atoms. The Morgan fingerprint density at radius 3 is 2.64 bits per heavy atom. The fourth-order valence-electron chi connectivity index (χ4n) is 3.17. The highest BCUT2D eigenvalue weighted by Crippen LogP contribution is 2.23. The zero-order valence-electron chi connectivity index (χ0n) is 15.5. The van der Waals surface area contributed by atoms with E-state index in [1.807, 2.05) is 31.2 Å². The lowest BCUT2D eigenvalue weighted by Gasteiger charge is -2.17. The number of ether oxygens (including phenoxy) is 1. The molecule has 7 heteroatoms. The van der Waals surface area contributed by atoms with Gasteiger partial charge in [0.15, 0.2) is 0 Å². The lowest BCUT2D eigenvalue weighted by molar-refractivity contribution is 0.0772. The van der Waals surface area contributed by atoms with E-state index in [9.17, 15) is 9.18 Å². The number of hydrogen-bond acceptors (Lipinski definition) is 5. The second-order valence-electron chi connectivity index (χ2n) is 6.68. The number of hydrogen-bond donors (Lipinski definition) is 0. The van der Waals surface area contributed by atoms with Crippen molar-refractivity contribution in [2.45, 2.75) is 25.9 Å². The summed E-state index contributed by atoms with van der Waals surface area (Å²) >= 11 is 0. The van der Waals surface area contributed by atoms with Gasteiger partial charge >= 0.3 is 0 Å². The lowest BCUT2D eigenvalue weighted by atomic mass is 10.2. The zero-order valence-corrected chi connectivity index (χ0v) is 15.5. The minimum Gasteiger partial charge on any atom is -0.489 e. The third kappa shape index (κ3) is 3.88. The summed E-state index contributed by atoms with van der Waals surface area (Å²) in [5.74, 6) is 1.43. The van der Waals surface area contributed by atoms with E-state index in [1.165, 1.54) is 24.3 Å². The van der Waals surface area contributed by atoms with Crippen LogP contribution in [0.1, 0.15) is 29.6 Å². The number of likely N-dealkylation sites (tertiary alicyclic amines) is 1. The maximum atomic E-state index is 13.0. The second kappa shape index (κ2) is 7.80. The van der Waals surface area contributed by atoms with Crippen molar-refractivity contribution in [3.05, 3.63) is 65.8 Å². The van der Waals surface area contributed by atoms with E-state index >= 15 is 0 Å². The van der Waals surface area contributed by atoms with E-state index in [0.29, 0.717) is 36.8 Å². The summed E-state index contributed by atoms with van der Waals surface area (Å²) in [5.41, 5.74) is 1.34. The molecule has 0 aliphatic carbocycles. The Bertz CT molecular complexity index is 954. The highest BCUT2D eigenvalue weighted by molar-refractivity contribution is 5.94. The van der Waals surface area contributed by atoms with Crippen LogP contribution in [-0.4, -0.2) is 40.1 Å². The number of aryl methyl sites for hydroxylation is 1. The van der Waals surface area contributed by atoms with Gasteiger partial charge in [-0.1, -0.05) is 12.1 Å². The van der Waals surface area contributed by atoms with Gasteiger partial charge in [0.1, 0.15) is 17.7 Å². The monoisotopic (exact) mass is 381 g/mol. The number of nitrogens with zero attached hydrogens (tertiary/aromatic N) is 3. The van der Waals surface area contributed by atoms with Crippen molar-refractivity contribution < 1.29 is 18.4 Å². The number of carbonyl (C=O) groups is 1. The van der Waals surface area contributed by atoms with Crippen LogP contribution in [-0.2, 0) is 6.42 Å². The third-order valence-electron chi connectivity index (χ3n) is 4.71. The maximum absolute atomic E-state index is 13.0.